The van der Waals surface area contributed by atoms with Gasteiger partial charge in [0.15, 0.2) is 0 Å². The van der Waals surface area contributed by atoms with Crippen LogP contribution in [-0.2, 0) is 4.79 Å². The van der Waals surface area contributed by atoms with E-state index < -0.39 is 0 Å². The normalized spacial score (nSPS) is 45.7. The smallest absolute Gasteiger partial charge is 0.223 e. The lowest BCUT2D eigenvalue weighted by molar-refractivity contribution is -0.123. The van der Waals surface area contributed by atoms with Crippen molar-refractivity contribution in [1.29, 1.82) is 0 Å². The number of rotatable bonds is 5. The molecule has 0 radical (unpaired) electrons. The van der Waals surface area contributed by atoms with Gasteiger partial charge in [0, 0.05) is 18.3 Å². The van der Waals surface area contributed by atoms with Crippen LogP contribution in [0, 0.1) is 35.0 Å². The molecule has 100 valence electrons. The van der Waals surface area contributed by atoms with Gasteiger partial charge in [-0.05, 0) is 67.6 Å². The van der Waals surface area contributed by atoms with E-state index in [4.69, 9.17) is 11.6 Å². The molecule has 4 fully saturated rings. The van der Waals surface area contributed by atoms with Gasteiger partial charge >= 0.3 is 0 Å². The Hall–Kier alpha value is -0.240. The predicted molar refractivity (Wildman–Crippen MR) is 71.3 cm³/mol. The lowest BCUT2D eigenvalue weighted by Gasteiger charge is -2.15. The van der Waals surface area contributed by atoms with Crippen molar-refractivity contribution in [2.45, 2.75) is 38.5 Å². The quantitative estimate of drug-likeness (QED) is 0.763. The number of carbonyl (C=O) groups is 1. The van der Waals surface area contributed by atoms with Gasteiger partial charge in [-0.2, -0.15) is 0 Å². The zero-order valence-electron chi connectivity index (χ0n) is 10.8. The molecule has 0 aromatic heterocycles. The minimum Gasteiger partial charge on any atom is -0.355 e. The van der Waals surface area contributed by atoms with Crippen LogP contribution < -0.4 is 5.32 Å². The van der Waals surface area contributed by atoms with Gasteiger partial charge in [0.25, 0.3) is 0 Å². The number of nitrogens with one attached hydrogen (secondary N) is 1. The highest BCUT2D eigenvalue weighted by molar-refractivity contribution is 6.17. The fourth-order valence-electron chi connectivity index (χ4n) is 4.96. The minimum absolute atomic E-state index is 0.363. The summed E-state index contributed by atoms with van der Waals surface area (Å²) in [5.41, 5.74) is 0.375. The molecule has 4 aliphatic rings. The maximum Gasteiger partial charge on any atom is 0.223 e. The molecule has 2 bridgehead atoms. The molecule has 4 atom stereocenters. The Morgan fingerprint density at radius 1 is 1.22 bits per heavy atom. The minimum atomic E-state index is 0.363. The van der Waals surface area contributed by atoms with E-state index >= 15 is 0 Å². The third kappa shape index (κ3) is 1.64. The Labute approximate surface area is 114 Å². The Morgan fingerprint density at radius 2 is 1.89 bits per heavy atom. The summed E-state index contributed by atoms with van der Waals surface area (Å²) in [4.78, 5) is 12.3. The van der Waals surface area contributed by atoms with E-state index in [0.717, 1.165) is 42.5 Å². The second kappa shape index (κ2) is 3.88. The van der Waals surface area contributed by atoms with Crippen LogP contribution in [0.5, 0.6) is 0 Å². The third-order valence-corrected chi connectivity index (χ3v) is 6.45. The van der Waals surface area contributed by atoms with E-state index in [1.54, 1.807) is 0 Å². The second-order valence-corrected chi connectivity index (χ2v) is 7.55. The molecule has 2 nitrogen and oxygen atoms in total. The maximum absolute atomic E-state index is 12.3. The van der Waals surface area contributed by atoms with E-state index in [1.165, 1.54) is 32.1 Å². The van der Waals surface area contributed by atoms with Crippen molar-refractivity contribution in [3.05, 3.63) is 0 Å². The molecule has 18 heavy (non-hydrogen) atoms. The van der Waals surface area contributed by atoms with Crippen LogP contribution in [0.15, 0.2) is 0 Å². The topological polar surface area (TPSA) is 29.1 Å². The summed E-state index contributed by atoms with van der Waals surface area (Å²) in [5, 5.41) is 3.23. The van der Waals surface area contributed by atoms with E-state index in [9.17, 15) is 4.79 Å². The first-order chi connectivity index (χ1) is 8.74. The molecule has 1 amide bonds. The van der Waals surface area contributed by atoms with Crippen LogP contribution in [0.2, 0.25) is 0 Å². The van der Waals surface area contributed by atoms with Crippen LogP contribution >= 0.6 is 11.6 Å². The molecule has 4 saturated carbocycles. The van der Waals surface area contributed by atoms with Gasteiger partial charge in [-0.1, -0.05) is 0 Å². The Morgan fingerprint density at radius 3 is 2.44 bits per heavy atom. The molecule has 1 N–H and O–H groups in total. The highest BCUT2D eigenvalue weighted by Crippen LogP contribution is 2.69. The molecule has 0 aromatic carbocycles. The molecule has 4 aliphatic carbocycles. The first-order valence-corrected chi connectivity index (χ1v) is 8.11. The average molecular weight is 268 g/mol. The first kappa shape index (κ1) is 11.6. The van der Waals surface area contributed by atoms with Crippen molar-refractivity contribution in [2.24, 2.45) is 35.0 Å². The van der Waals surface area contributed by atoms with Crippen molar-refractivity contribution < 1.29 is 4.79 Å². The monoisotopic (exact) mass is 267 g/mol. The Bertz CT molecular complexity index is 363. The summed E-state index contributed by atoms with van der Waals surface area (Å²) in [6, 6.07) is 0. The van der Waals surface area contributed by atoms with Gasteiger partial charge < -0.3 is 5.32 Å². The second-order valence-electron chi connectivity index (χ2n) is 7.17. The molecular weight excluding hydrogens is 246 g/mol. The highest BCUT2D eigenvalue weighted by atomic mass is 35.5. The van der Waals surface area contributed by atoms with E-state index in [0.29, 0.717) is 17.2 Å². The average Bonchev–Trinajstić information content (AvgIpc) is 3.24. The number of hydrogen-bond acceptors (Lipinski definition) is 1. The molecule has 0 aliphatic heterocycles. The summed E-state index contributed by atoms with van der Waals surface area (Å²) in [6.07, 6.45) is 7.79. The number of amides is 1. The zero-order chi connectivity index (χ0) is 12.3. The van der Waals surface area contributed by atoms with Crippen molar-refractivity contribution in [2.75, 3.05) is 12.4 Å². The van der Waals surface area contributed by atoms with Crippen molar-refractivity contribution in [3.8, 4) is 0 Å². The predicted octanol–water partition coefficient (Wildman–Crippen LogP) is 2.80. The zero-order valence-corrected chi connectivity index (χ0v) is 11.6. The summed E-state index contributed by atoms with van der Waals surface area (Å²) < 4.78 is 0. The summed E-state index contributed by atoms with van der Waals surface area (Å²) >= 11 is 5.83. The van der Waals surface area contributed by atoms with Gasteiger partial charge in [-0.3, -0.25) is 4.79 Å². The maximum atomic E-state index is 12.3. The lowest BCUT2D eigenvalue weighted by atomic mass is 10.0. The van der Waals surface area contributed by atoms with E-state index in [-0.39, 0.29) is 0 Å². The van der Waals surface area contributed by atoms with Crippen LogP contribution in [0.4, 0.5) is 0 Å². The summed E-state index contributed by atoms with van der Waals surface area (Å²) in [5.74, 6) is 4.82. The molecule has 4 rings (SSSR count). The lowest BCUT2D eigenvalue weighted by Crippen LogP contribution is -2.33. The summed E-state index contributed by atoms with van der Waals surface area (Å²) in [7, 11) is 0. The molecule has 0 saturated heterocycles. The Balaban J connectivity index is 1.31. The largest absolute Gasteiger partial charge is 0.355 e. The molecule has 0 aromatic rings. The van der Waals surface area contributed by atoms with Crippen molar-refractivity contribution in [1.82, 2.24) is 5.32 Å². The van der Waals surface area contributed by atoms with Gasteiger partial charge in [0.05, 0.1) is 0 Å². The molecule has 0 spiro atoms. The van der Waals surface area contributed by atoms with Crippen LogP contribution in [0.25, 0.3) is 0 Å². The van der Waals surface area contributed by atoms with Crippen molar-refractivity contribution >= 4 is 17.5 Å². The number of alkyl halides is 1. The third-order valence-electron chi connectivity index (χ3n) is 6.26. The molecule has 4 unspecified atom stereocenters. The first-order valence-electron chi connectivity index (χ1n) is 7.58. The van der Waals surface area contributed by atoms with Crippen LogP contribution in [-0.4, -0.2) is 18.3 Å². The van der Waals surface area contributed by atoms with Gasteiger partial charge in [-0.25, -0.2) is 0 Å². The Kier molecular flexibility index (Phi) is 2.49. The van der Waals surface area contributed by atoms with Gasteiger partial charge in [0.2, 0.25) is 5.91 Å². The molecule has 3 heteroatoms. The van der Waals surface area contributed by atoms with Crippen LogP contribution in [0.1, 0.15) is 38.5 Å². The summed E-state index contributed by atoms with van der Waals surface area (Å²) in [6.45, 7) is 0.879. The SMILES string of the molecule is O=C(NCC1(CCCl)CC1)C1C2C3CCC(C3)C12. The molecular formula is C15H22ClNO. The fraction of sp³-hybridized carbons (Fsp3) is 0.933. The van der Waals surface area contributed by atoms with E-state index in [1.807, 2.05) is 0 Å². The standard InChI is InChI=1S/C15H22ClNO/c16-6-5-15(3-4-15)8-17-14(18)13-11-9-1-2-10(7-9)12(11)13/h9-13H,1-8H2,(H,17,18). The number of hydrogen-bond donors (Lipinski definition) is 1. The molecule has 0 heterocycles. The van der Waals surface area contributed by atoms with Crippen LogP contribution in [0.3, 0.4) is 0 Å². The van der Waals surface area contributed by atoms with Gasteiger partial charge in [-0.15, -0.1) is 11.6 Å². The number of carbonyl (C=O) groups excluding carboxylic acids is 1. The van der Waals surface area contributed by atoms with Crippen molar-refractivity contribution in [3.63, 3.8) is 0 Å². The van der Waals surface area contributed by atoms with E-state index in [2.05, 4.69) is 5.32 Å². The fourth-order valence-corrected chi connectivity index (χ4v) is 5.36. The number of fused-ring (bicyclic) bond motifs is 5. The van der Waals surface area contributed by atoms with Gasteiger partial charge in [0.1, 0.15) is 0 Å². The highest BCUT2D eigenvalue weighted by Gasteiger charge is 2.67. The number of halogens is 1.